The monoisotopic (exact) mass is 238 g/mol. The predicted octanol–water partition coefficient (Wildman–Crippen LogP) is 0.0289. The number of rotatable bonds is 4. The highest BCUT2D eigenvalue weighted by atomic mass is 16.3. The lowest BCUT2D eigenvalue weighted by Crippen LogP contribution is -2.28. The summed E-state index contributed by atoms with van der Waals surface area (Å²) in [5, 5.41) is 16.7. The minimum Gasteiger partial charge on any atom is -0.390 e. The fourth-order valence-corrected chi connectivity index (χ4v) is 2.20. The number of carbonyl (C=O) groups is 1. The van der Waals surface area contributed by atoms with Crippen LogP contribution in [-0.4, -0.2) is 44.0 Å². The van der Waals surface area contributed by atoms with Crippen molar-refractivity contribution in [3.05, 3.63) is 11.9 Å². The standard InChI is InChI=1S/C11H18N4O2/c1-2-11(17)14-4-3-9(5-14)6-15-7-10(8-16)12-13-15/h7,9,16H,2-6,8H2,1H3. The van der Waals surface area contributed by atoms with E-state index in [-0.39, 0.29) is 12.5 Å². The van der Waals surface area contributed by atoms with Gasteiger partial charge in [-0.2, -0.15) is 0 Å². The number of aliphatic hydroxyl groups is 1. The number of hydrogen-bond acceptors (Lipinski definition) is 4. The third-order valence-electron chi connectivity index (χ3n) is 3.13. The normalized spacial score (nSPS) is 19.9. The van der Waals surface area contributed by atoms with Gasteiger partial charge in [0, 0.05) is 26.1 Å². The number of aliphatic hydroxyl groups excluding tert-OH is 1. The van der Waals surface area contributed by atoms with Gasteiger partial charge in [0.05, 0.1) is 12.8 Å². The maximum atomic E-state index is 11.5. The first-order chi connectivity index (χ1) is 8.22. The summed E-state index contributed by atoms with van der Waals surface area (Å²) in [5.41, 5.74) is 0.587. The van der Waals surface area contributed by atoms with E-state index in [0.717, 1.165) is 26.1 Å². The number of hydrogen-bond donors (Lipinski definition) is 1. The molecule has 1 N–H and O–H groups in total. The quantitative estimate of drug-likeness (QED) is 0.803. The van der Waals surface area contributed by atoms with Gasteiger partial charge in [0.25, 0.3) is 0 Å². The third kappa shape index (κ3) is 2.82. The molecule has 1 aliphatic rings. The van der Waals surface area contributed by atoms with E-state index in [4.69, 9.17) is 5.11 Å². The van der Waals surface area contributed by atoms with Crippen LogP contribution in [0, 0.1) is 5.92 Å². The molecule has 6 heteroatoms. The maximum absolute atomic E-state index is 11.5. The summed E-state index contributed by atoms with van der Waals surface area (Å²) < 4.78 is 1.75. The Hall–Kier alpha value is -1.43. The highest BCUT2D eigenvalue weighted by Gasteiger charge is 2.25. The smallest absolute Gasteiger partial charge is 0.222 e. The maximum Gasteiger partial charge on any atom is 0.222 e. The van der Waals surface area contributed by atoms with Crippen molar-refractivity contribution in [3.63, 3.8) is 0 Å². The van der Waals surface area contributed by atoms with E-state index in [1.165, 1.54) is 0 Å². The molecule has 1 unspecified atom stereocenters. The molecule has 1 fully saturated rings. The van der Waals surface area contributed by atoms with Crippen molar-refractivity contribution >= 4 is 5.91 Å². The summed E-state index contributed by atoms with van der Waals surface area (Å²) in [6, 6.07) is 0. The molecule has 17 heavy (non-hydrogen) atoms. The second-order valence-corrected chi connectivity index (χ2v) is 4.44. The number of nitrogens with zero attached hydrogens (tertiary/aromatic N) is 4. The van der Waals surface area contributed by atoms with Gasteiger partial charge in [-0.3, -0.25) is 9.48 Å². The average Bonchev–Trinajstić information content (AvgIpc) is 2.97. The van der Waals surface area contributed by atoms with Crippen LogP contribution in [-0.2, 0) is 17.9 Å². The van der Waals surface area contributed by atoms with Gasteiger partial charge in [0.2, 0.25) is 5.91 Å². The third-order valence-corrected chi connectivity index (χ3v) is 3.13. The van der Waals surface area contributed by atoms with E-state index < -0.39 is 0 Å². The van der Waals surface area contributed by atoms with Gasteiger partial charge in [-0.05, 0) is 12.3 Å². The Morgan fingerprint density at radius 3 is 3.12 bits per heavy atom. The fraction of sp³-hybridized carbons (Fsp3) is 0.727. The molecule has 94 valence electrons. The number of aromatic nitrogens is 3. The molecule has 1 atom stereocenters. The molecular formula is C11H18N4O2. The Labute approximate surface area is 100 Å². The summed E-state index contributed by atoms with van der Waals surface area (Å²) in [5.74, 6) is 0.667. The molecule has 0 saturated carbocycles. The molecule has 0 radical (unpaired) electrons. The second-order valence-electron chi connectivity index (χ2n) is 4.44. The van der Waals surface area contributed by atoms with Crippen LogP contribution in [0.1, 0.15) is 25.5 Å². The summed E-state index contributed by atoms with van der Waals surface area (Å²) in [6.45, 7) is 4.23. The van der Waals surface area contributed by atoms with Gasteiger partial charge in [0.1, 0.15) is 5.69 Å². The molecule has 1 amide bonds. The van der Waals surface area contributed by atoms with E-state index in [2.05, 4.69) is 10.3 Å². The summed E-state index contributed by atoms with van der Waals surface area (Å²) in [4.78, 5) is 13.4. The van der Waals surface area contributed by atoms with E-state index in [1.54, 1.807) is 10.9 Å². The average molecular weight is 238 g/mol. The Morgan fingerprint density at radius 1 is 1.65 bits per heavy atom. The molecule has 2 heterocycles. The molecule has 0 spiro atoms. The van der Waals surface area contributed by atoms with Gasteiger partial charge >= 0.3 is 0 Å². The highest BCUT2D eigenvalue weighted by Crippen LogP contribution is 2.18. The first-order valence-corrected chi connectivity index (χ1v) is 6.00. The van der Waals surface area contributed by atoms with Crippen LogP contribution in [0.5, 0.6) is 0 Å². The minimum absolute atomic E-state index is 0.0783. The second kappa shape index (κ2) is 5.27. The first-order valence-electron chi connectivity index (χ1n) is 6.00. The molecule has 1 aliphatic heterocycles. The van der Waals surface area contributed by atoms with E-state index in [1.807, 2.05) is 11.8 Å². The van der Waals surface area contributed by atoms with E-state index in [9.17, 15) is 4.79 Å². The predicted molar refractivity (Wildman–Crippen MR) is 60.9 cm³/mol. The van der Waals surface area contributed by atoms with E-state index >= 15 is 0 Å². The molecule has 1 aromatic rings. The zero-order valence-electron chi connectivity index (χ0n) is 10.0. The van der Waals surface area contributed by atoms with Gasteiger partial charge < -0.3 is 10.0 Å². The van der Waals surface area contributed by atoms with Crippen LogP contribution in [0.2, 0.25) is 0 Å². The summed E-state index contributed by atoms with van der Waals surface area (Å²) in [7, 11) is 0. The largest absolute Gasteiger partial charge is 0.390 e. The van der Waals surface area contributed by atoms with Crippen LogP contribution in [0.15, 0.2) is 6.20 Å². The van der Waals surface area contributed by atoms with Crippen LogP contribution in [0.4, 0.5) is 0 Å². The summed E-state index contributed by atoms with van der Waals surface area (Å²) >= 11 is 0. The molecule has 0 bridgehead atoms. The van der Waals surface area contributed by atoms with Crippen molar-refractivity contribution in [2.75, 3.05) is 13.1 Å². The molecule has 0 aromatic carbocycles. The SMILES string of the molecule is CCC(=O)N1CCC(Cn2cc(CO)nn2)C1. The molecule has 2 rings (SSSR count). The van der Waals surface area contributed by atoms with Gasteiger partial charge in [-0.25, -0.2) is 0 Å². The number of amides is 1. The minimum atomic E-state index is -0.0783. The van der Waals surface area contributed by atoms with Crippen molar-refractivity contribution in [1.82, 2.24) is 19.9 Å². The first kappa shape index (κ1) is 12.0. The lowest BCUT2D eigenvalue weighted by Gasteiger charge is -2.15. The number of likely N-dealkylation sites (tertiary alicyclic amines) is 1. The van der Waals surface area contributed by atoms with Gasteiger partial charge in [-0.15, -0.1) is 5.10 Å². The Kier molecular flexibility index (Phi) is 3.73. The van der Waals surface area contributed by atoms with Crippen LogP contribution >= 0.6 is 0 Å². The van der Waals surface area contributed by atoms with Crippen molar-refractivity contribution in [3.8, 4) is 0 Å². The lowest BCUT2D eigenvalue weighted by molar-refractivity contribution is -0.129. The number of carbonyl (C=O) groups excluding carboxylic acids is 1. The van der Waals surface area contributed by atoms with Crippen LogP contribution in [0.3, 0.4) is 0 Å². The molecule has 0 aliphatic carbocycles. The molecule has 6 nitrogen and oxygen atoms in total. The van der Waals surface area contributed by atoms with Gasteiger partial charge in [-0.1, -0.05) is 12.1 Å². The van der Waals surface area contributed by atoms with Crippen LogP contribution < -0.4 is 0 Å². The van der Waals surface area contributed by atoms with Crippen LogP contribution in [0.25, 0.3) is 0 Å². The van der Waals surface area contributed by atoms with E-state index in [0.29, 0.717) is 18.0 Å². The van der Waals surface area contributed by atoms with Crippen molar-refractivity contribution in [1.29, 1.82) is 0 Å². The molecule has 1 saturated heterocycles. The molecule has 1 aromatic heterocycles. The molecular weight excluding hydrogens is 220 g/mol. The Morgan fingerprint density at radius 2 is 2.47 bits per heavy atom. The summed E-state index contributed by atoms with van der Waals surface area (Å²) in [6.07, 6.45) is 3.34. The van der Waals surface area contributed by atoms with Gasteiger partial charge in [0.15, 0.2) is 0 Å². The van der Waals surface area contributed by atoms with Crippen molar-refractivity contribution in [2.45, 2.75) is 32.9 Å². The zero-order valence-corrected chi connectivity index (χ0v) is 10.0. The highest BCUT2D eigenvalue weighted by molar-refractivity contribution is 5.76. The Bertz CT molecular complexity index is 391. The zero-order chi connectivity index (χ0) is 12.3. The Balaban J connectivity index is 1.87. The fourth-order valence-electron chi connectivity index (χ4n) is 2.20. The lowest BCUT2D eigenvalue weighted by atomic mass is 10.1. The van der Waals surface area contributed by atoms with Crippen molar-refractivity contribution in [2.24, 2.45) is 5.92 Å². The topological polar surface area (TPSA) is 71.2 Å². The van der Waals surface area contributed by atoms with Crippen molar-refractivity contribution < 1.29 is 9.90 Å².